The van der Waals surface area contributed by atoms with E-state index in [1.807, 2.05) is 18.2 Å². The molecule has 1 aliphatic carbocycles. The second kappa shape index (κ2) is 5.81. The van der Waals surface area contributed by atoms with Crippen LogP contribution in [0.4, 0.5) is 5.82 Å². The molecule has 1 heterocycles. The molecular formula is C15H14ClN3O3. The van der Waals surface area contributed by atoms with Gasteiger partial charge in [-0.05, 0) is 36.1 Å². The highest BCUT2D eigenvalue weighted by molar-refractivity contribution is 6.30. The molecule has 0 spiro atoms. The molecule has 1 atom stereocenters. The van der Waals surface area contributed by atoms with E-state index in [-0.39, 0.29) is 18.4 Å². The van der Waals surface area contributed by atoms with Gasteiger partial charge in [0.05, 0.1) is 6.04 Å². The first-order chi connectivity index (χ1) is 10.5. The van der Waals surface area contributed by atoms with Crippen molar-refractivity contribution < 1.29 is 9.90 Å². The number of carbonyl (C=O) groups is 1. The van der Waals surface area contributed by atoms with Crippen LogP contribution in [0.2, 0.25) is 5.02 Å². The van der Waals surface area contributed by atoms with Crippen LogP contribution in [-0.4, -0.2) is 20.6 Å². The summed E-state index contributed by atoms with van der Waals surface area (Å²) >= 11 is 5.98. The van der Waals surface area contributed by atoms with Crippen LogP contribution in [0, 0.1) is 0 Å². The summed E-state index contributed by atoms with van der Waals surface area (Å²) in [5.41, 5.74) is 1.82. The summed E-state index contributed by atoms with van der Waals surface area (Å²) in [5, 5.41) is 12.6. The molecular weight excluding hydrogens is 306 g/mol. The Morgan fingerprint density at radius 2 is 2.32 bits per heavy atom. The van der Waals surface area contributed by atoms with E-state index in [9.17, 15) is 9.59 Å². The lowest BCUT2D eigenvalue weighted by Gasteiger charge is -2.15. The molecule has 0 saturated carbocycles. The normalized spacial score (nSPS) is 16.3. The number of hydrogen-bond acceptors (Lipinski definition) is 4. The van der Waals surface area contributed by atoms with Gasteiger partial charge in [-0.15, -0.1) is 0 Å². The number of halogens is 1. The summed E-state index contributed by atoms with van der Waals surface area (Å²) < 4.78 is 1.12. The van der Waals surface area contributed by atoms with Crippen molar-refractivity contribution in [2.45, 2.75) is 25.4 Å². The Morgan fingerprint density at radius 3 is 3.09 bits per heavy atom. The van der Waals surface area contributed by atoms with E-state index >= 15 is 0 Å². The number of anilines is 1. The quantitative estimate of drug-likeness (QED) is 0.901. The molecule has 1 aromatic carbocycles. The molecule has 1 aliphatic rings. The van der Waals surface area contributed by atoms with Gasteiger partial charge in [0.1, 0.15) is 6.54 Å². The van der Waals surface area contributed by atoms with Gasteiger partial charge in [0.15, 0.2) is 5.82 Å². The molecule has 0 amide bonds. The smallest absolute Gasteiger partial charge is 0.323 e. The van der Waals surface area contributed by atoms with Crippen molar-refractivity contribution in [2.75, 3.05) is 5.32 Å². The van der Waals surface area contributed by atoms with Gasteiger partial charge in [-0.1, -0.05) is 17.7 Å². The molecule has 2 N–H and O–H groups in total. The minimum Gasteiger partial charge on any atom is -0.480 e. The van der Waals surface area contributed by atoms with E-state index in [1.54, 1.807) is 0 Å². The van der Waals surface area contributed by atoms with Crippen molar-refractivity contribution in [1.29, 1.82) is 0 Å². The Bertz CT molecular complexity index is 788. The Morgan fingerprint density at radius 1 is 1.50 bits per heavy atom. The maximum atomic E-state index is 12.2. The number of hydrogen-bond donors (Lipinski definition) is 2. The number of carboxylic acids is 1. The third-order valence-corrected chi connectivity index (χ3v) is 3.95. The summed E-state index contributed by atoms with van der Waals surface area (Å²) in [7, 11) is 0. The first-order valence-corrected chi connectivity index (χ1v) is 7.24. The lowest BCUT2D eigenvalue weighted by atomic mass is 10.1. The fourth-order valence-electron chi connectivity index (χ4n) is 2.72. The number of carboxylic acid groups (broad SMARTS) is 1. The number of benzene rings is 1. The maximum Gasteiger partial charge on any atom is 0.323 e. The van der Waals surface area contributed by atoms with Crippen LogP contribution < -0.4 is 10.9 Å². The molecule has 1 aromatic heterocycles. The van der Waals surface area contributed by atoms with Crippen LogP contribution in [0.3, 0.4) is 0 Å². The van der Waals surface area contributed by atoms with Crippen molar-refractivity contribution in [2.24, 2.45) is 0 Å². The molecule has 0 saturated heterocycles. The van der Waals surface area contributed by atoms with Crippen molar-refractivity contribution in [3.63, 3.8) is 0 Å². The molecule has 0 aliphatic heterocycles. The van der Waals surface area contributed by atoms with Crippen molar-refractivity contribution in [3.05, 3.63) is 57.1 Å². The number of aromatic nitrogens is 2. The molecule has 0 fully saturated rings. The van der Waals surface area contributed by atoms with Gasteiger partial charge in [0.2, 0.25) is 0 Å². The third-order valence-electron chi connectivity index (χ3n) is 3.71. The van der Waals surface area contributed by atoms with E-state index in [0.29, 0.717) is 5.02 Å². The Labute approximate surface area is 131 Å². The first kappa shape index (κ1) is 14.6. The summed E-state index contributed by atoms with van der Waals surface area (Å²) in [6, 6.07) is 5.68. The third kappa shape index (κ3) is 2.82. The zero-order chi connectivity index (χ0) is 15.7. The molecule has 0 radical (unpaired) electrons. The minimum atomic E-state index is -1.07. The zero-order valence-electron chi connectivity index (χ0n) is 11.6. The standard InChI is InChI=1S/C15H14ClN3O3/c16-10-2-3-11-9(7-10)1-4-12(11)18-14-15(22)19(6-5-17-14)8-13(20)21/h2-3,5-7,12H,1,4,8H2,(H,17,18)(H,20,21)/t12-/m1/s1. The second-order valence-electron chi connectivity index (χ2n) is 5.18. The van der Waals surface area contributed by atoms with E-state index in [4.69, 9.17) is 16.7 Å². The van der Waals surface area contributed by atoms with Gasteiger partial charge >= 0.3 is 5.97 Å². The van der Waals surface area contributed by atoms with Gasteiger partial charge in [0.25, 0.3) is 5.56 Å². The Kier molecular flexibility index (Phi) is 3.85. The lowest BCUT2D eigenvalue weighted by Crippen LogP contribution is -2.27. The Hall–Kier alpha value is -2.34. The minimum absolute atomic E-state index is 0.0202. The highest BCUT2D eigenvalue weighted by Crippen LogP contribution is 2.34. The molecule has 0 unspecified atom stereocenters. The maximum absolute atomic E-state index is 12.2. The average Bonchev–Trinajstić information content (AvgIpc) is 2.85. The molecule has 3 rings (SSSR count). The van der Waals surface area contributed by atoms with Gasteiger partial charge in [0, 0.05) is 17.4 Å². The SMILES string of the molecule is O=C(O)Cn1ccnc(N[C@@H]2CCc3cc(Cl)ccc32)c1=O. The number of rotatable bonds is 4. The van der Waals surface area contributed by atoms with Crippen LogP contribution in [0.25, 0.3) is 0 Å². The predicted molar refractivity (Wildman–Crippen MR) is 82.3 cm³/mol. The predicted octanol–water partition coefficient (Wildman–Crippen LogP) is 2.08. The first-order valence-electron chi connectivity index (χ1n) is 6.86. The van der Waals surface area contributed by atoms with Gasteiger partial charge in [-0.2, -0.15) is 0 Å². The van der Waals surface area contributed by atoms with Crippen molar-refractivity contribution >= 4 is 23.4 Å². The summed E-state index contributed by atoms with van der Waals surface area (Å²) in [6.07, 6.45) is 4.50. The van der Waals surface area contributed by atoms with E-state index in [1.165, 1.54) is 12.4 Å². The molecule has 114 valence electrons. The van der Waals surface area contributed by atoms with Crippen LogP contribution in [-0.2, 0) is 17.8 Å². The average molecular weight is 320 g/mol. The second-order valence-corrected chi connectivity index (χ2v) is 5.62. The molecule has 7 heteroatoms. The molecule has 6 nitrogen and oxygen atoms in total. The molecule has 22 heavy (non-hydrogen) atoms. The van der Waals surface area contributed by atoms with E-state index in [2.05, 4.69) is 10.3 Å². The van der Waals surface area contributed by atoms with Crippen molar-refractivity contribution in [1.82, 2.24) is 9.55 Å². The Balaban J connectivity index is 1.87. The van der Waals surface area contributed by atoms with Crippen LogP contribution in [0.5, 0.6) is 0 Å². The topological polar surface area (TPSA) is 84.2 Å². The zero-order valence-corrected chi connectivity index (χ0v) is 12.4. The van der Waals surface area contributed by atoms with Crippen molar-refractivity contribution in [3.8, 4) is 0 Å². The van der Waals surface area contributed by atoms with Gasteiger partial charge in [-0.25, -0.2) is 4.98 Å². The lowest BCUT2D eigenvalue weighted by molar-refractivity contribution is -0.137. The number of aliphatic carboxylic acids is 1. The highest BCUT2D eigenvalue weighted by atomic mass is 35.5. The van der Waals surface area contributed by atoms with Gasteiger partial charge < -0.3 is 10.4 Å². The largest absolute Gasteiger partial charge is 0.480 e. The van der Waals surface area contributed by atoms with E-state index in [0.717, 1.165) is 28.5 Å². The number of fused-ring (bicyclic) bond motifs is 1. The highest BCUT2D eigenvalue weighted by Gasteiger charge is 2.23. The monoisotopic (exact) mass is 319 g/mol. The van der Waals surface area contributed by atoms with Gasteiger partial charge in [-0.3, -0.25) is 14.2 Å². The van der Waals surface area contributed by atoms with Crippen LogP contribution >= 0.6 is 11.6 Å². The summed E-state index contributed by atoms with van der Waals surface area (Å²) in [4.78, 5) is 27.0. The number of nitrogens with one attached hydrogen (secondary N) is 1. The van der Waals surface area contributed by atoms with E-state index < -0.39 is 11.5 Å². The van der Waals surface area contributed by atoms with Crippen LogP contribution in [0.15, 0.2) is 35.4 Å². The van der Waals surface area contributed by atoms with Crippen LogP contribution in [0.1, 0.15) is 23.6 Å². The molecule has 2 aromatic rings. The fraction of sp³-hybridized carbons (Fsp3) is 0.267. The fourth-order valence-corrected chi connectivity index (χ4v) is 2.91. The summed E-state index contributed by atoms with van der Waals surface area (Å²) in [6.45, 7) is -0.382. The number of aryl methyl sites for hydroxylation is 1. The summed E-state index contributed by atoms with van der Waals surface area (Å²) in [5.74, 6) is -0.906. The number of nitrogens with zero attached hydrogens (tertiary/aromatic N) is 2. The molecule has 0 bridgehead atoms.